The van der Waals surface area contributed by atoms with Gasteiger partial charge in [0.25, 0.3) is 5.91 Å². The molecule has 0 saturated heterocycles. The molecule has 1 aliphatic rings. The molecule has 1 heterocycles. The van der Waals surface area contributed by atoms with Gasteiger partial charge in [-0.2, -0.15) is 5.26 Å². The van der Waals surface area contributed by atoms with Gasteiger partial charge in [-0.05, 0) is 70.0 Å². The smallest absolute Gasteiger partial charge is 0.258 e. The first-order valence-corrected chi connectivity index (χ1v) is 10.2. The third-order valence-electron chi connectivity index (χ3n) is 4.62. The molecule has 0 spiro atoms. The highest BCUT2D eigenvalue weighted by Crippen LogP contribution is 2.31. The molecule has 144 valence electrons. The summed E-state index contributed by atoms with van der Waals surface area (Å²) in [5, 5.41) is 9.05. The third kappa shape index (κ3) is 4.11. The van der Waals surface area contributed by atoms with Crippen molar-refractivity contribution in [2.75, 3.05) is 11.4 Å². The molecule has 28 heavy (non-hydrogen) atoms. The summed E-state index contributed by atoms with van der Waals surface area (Å²) in [4.78, 5) is 14.7. The Morgan fingerprint density at radius 3 is 2.64 bits per heavy atom. The molecule has 2 aromatic rings. The largest absolute Gasteiger partial charge is 0.591 e. The fourth-order valence-electron chi connectivity index (χ4n) is 3.03. The molecule has 0 fully saturated rings. The highest BCUT2D eigenvalue weighted by atomic mass is 32.2. The first kappa shape index (κ1) is 20.1. The minimum Gasteiger partial charge on any atom is -0.591 e. The number of hydrogen-bond acceptors (Lipinski definition) is 4. The Kier molecular flexibility index (Phi) is 5.59. The van der Waals surface area contributed by atoms with E-state index in [9.17, 15) is 9.35 Å². The van der Waals surface area contributed by atoms with Gasteiger partial charge in [0.2, 0.25) is 0 Å². The molecule has 0 N–H and O–H groups in total. The molecule has 6 heteroatoms. The van der Waals surface area contributed by atoms with Crippen LogP contribution in [0.5, 0.6) is 0 Å². The molecule has 1 amide bonds. The van der Waals surface area contributed by atoms with Crippen LogP contribution in [0.3, 0.4) is 0 Å². The molecule has 0 aliphatic carbocycles. The van der Waals surface area contributed by atoms with Crippen molar-refractivity contribution in [3.63, 3.8) is 0 Å². The molecule has 1 aliphatic heterocycles. The zero-order chi connectivity index (χ0) is 20.5. The van der Waals surface area contributed by atoms with Crippen molar-refractivity contribution >= 4 is 28.7 Å². The van der Waals surface area contributed by atoms with Gasteiger partial charge in [0.15, 0.2) is 0 Å². The first-order chi connectivity index (χ1) is 13.2. The molecule has 5 nitrogen and oxygen atoms in total. The number of fused-ring (bicyclic) bond motifs is 1. The number of anilines is 1. The van der Waals surface area contributed by atoms with E-state index in [-0.39, 0.29) is 5.91 Å². The van der Waals surface area contributed by atoms with Gasteiger partial charge >= 0.3 is 0 Å². The summed E-state index contributed by atoms with van der Waals surface area (Å²) in [6.45, 7) is 8.14. The van der Waals surface area contributed by atoms with E-state index in [1.54, 1.807) is 29.2 Å². The Balaban J connectivity index is 1.86. The second-order valence-corrected chi connectivity index (χ2v) is 9.69. The van der Waals surface area contributed by atoms with Crippen molar-refractivity contribution in [2.24, 2.45) is 4.40 Å². The molecule has 2 aromatic carbocycles. The molecule has 3 rings (SSSR count). The Bertz CT molecular complexity index is 986. The van der Waals surface area contributed by atoms with Crippen molar-refractivity contribution in [2.45, 2.75) is 38.9 Å². The maximum atomic E-state index is 12.9. The van der Waals surface area contributed by atoms with Gasteiger partial charge in [-0.15, -0.1) is 0 Å². The van der Waals surface area contributed by atoms with Gasteiger partial charge < -0.3 is 9.45 Å². The maximum Gasteiger partial charge on any atom is 0.258 e. The number of carbonyl (C=O) groups excluding carboxylic acids is 1. The number of nitriles is 1. The standard InChI is InChI=1S/C22H23N3O2S/c1-15(24-28(27)22(2,3)4)17-8-9-20-18(13-17)10-11-25(20)21(26)19-7-5-6-16(12-19)14-23/h5-9,12-13H,10-11H2,1-4H3/t28-/m1/s1. The summed E-state index contributed by atoms with van der Waals surface area (Å²) in [5.41, 5.74) is 4.56. The van der Waals surface area contributed by atoms with Crippen LogP contribution in [0.15, 0.2) is 46.9 Å². The second kappa shape index (κ2) is 7.78. The number of amides is 1. The van der Waals surface area contributed by atoms with Crippen LogP contribution in [0.2, 0.25) is 0 Å². The van der Waals surface area contributed by atoms with Gasteiger partial charge in [-0.25, -0.2) is 0 Å². The van der Waals surface area contributed by atoms with Crippen LogP contribution in [0.4, 0.5) is 5.69 Å². The topological polar surface area (TPSA) is 79.5 Å². The SMILES string of the molecule is CC(=N[S@+]([O-])C(C)(C)C)c1ccc2c(c1)CCN2C(=O)c1cccc(C#N)c1. The predicted molar refractivity (Wildman–Crippen MR) is 113 cm³/mol. The molecule has 0 saturated carbocycles. The minimum atomic E-state index is -1.31. The van der Waals surface area contributed by atoms with Gasteiger partial charge in [-0.1, -0.05) is 16.5 Å². The van der Waals surface area contributed by atoms with E-state index in [4.69, 9.17) is 5.26 Å². The summed E-state index contributed by atoms with van der Waals surface area (Å²) >= 11 is -1.31. The van der Waals surface area contributed by atoms with Crippen molar-refractivity contribution < 1.29 is 9.35 Å². The summed E-state index contributed by atoms with van der Waals surface area (Å²) < 4.78 is 16.2. The molecule has 0 aromatic heterocycles. The fraction of sp³-hybridized carbons (Fsp3) is 0.318. The monoisotopic (exact) mass is 393 g/mol. The lowest BCUT2D eigenvalue weighted by atomic mass is 10.1. The van der Waals surface area contributed by atoms with E-state index >= 15 is 0 Å². The van der Waals surface area contributed by atoms with E-state index in [2.05, 4.69) is 10.5 Å². The second-order valence-electron chi connectivity index (χ2n) is 7.78. The number of nitrogens with zero attached hydrogens (tertiary/aromatic N) is 3. The highest BCUT2D eigenvalue weighted by molar-refractivity contribution is 7.91. The lowest BCUT2D eigenvalue weighted by molar-refractivity contribution is 0.0989. The zero-order valence-electron chi connectivity index (χ0n) is 16.5. The first-order valence-electron chi connectivity index (χ1n) is 9.13. The Morgan fingerprint density at radius 1 is 1.21 bits per heavy atom. The Morgan fingerprint density at radius 2 is 1.96 bits per heavy atom. The number of hydrogen-bond donors (Lipinski definition) is 0. The van der Waals surface area contributed by atoms with Gasteiger partial charge in [0, 0.05) is 23.4 Å². The molecule has 0 radical (unpaired) electrons. The number of rotatable bonds is 3. The van der Waals surface area contributed by atoms with Crippen LogP contribution >= 0.6 is 0 Å². The van der Waals surface area contributed by atoms with Crippen LogP contribution in [-0.2, 0) is 17.8 Å². The molecule has 1 atom stereocenters. The molecule has 0 unspecified atom stereocenters. The quantitative estimate of drug-likeness (QED) is 0.583. The number of carbonyl (C=O) groups is 1. The molecule has 0 bridgehead atoms. The van der Waals surface area contributed by atoms with E-state index in [0.29, 0.717) is 17.7 Å². The van der Waals surface area contributed by atoms with Gasteiger partial charge in [0.1, 0.15) is 16.1 Å². The molecular formula is C22H23N3O2S. The van der Waals surface area contributed by atoms with E-state index in [1.165, 1.54) is 0 Å². The average molecular weight is 394 g/mol. The average Bonchev–Trinajstić information content (AvgIpc) is 3.09. The van der Waals surface area contributed by atoms with Gasteiger partial charge in [0.05, 0.1) is 17.3 Å². The maximum absolute atomic E-state index is 12.9. The van der Waals surface area contributed by atoms with Crippen LogP contribution in [-0.4, -0.2) is 27.5 Å². The van der Waals surface area contributed by atoms with Crippen molar-refractivity contribution in [1.82, 2.24) is 0 Å². The summed E-state index contributed by atoms with van der Waals surface area (Å²) in [6, 6.07) is 14.7. The van der Waals surface area contributed by atoms with E-state index in [1.807, 2.05) is 45.9 Å². The third-order valence-corrected chi connectivity index (χ3v) is 6.11. The minimum absolute atomic E-state index is 0.108. The van der Waals surface area contributed by atoms with Gasteiger partial charge in [-0.3, -0.25) is 4.79 Å². The summed E-state index contributed by atoms with van der Waals surface area (Å²) in [7, 11) is 0. The fourth-order valence-corrected chi connectivity index (χ4v) is 3.66. The molecular weight excluding hydrogens is 370 g/mol. The Labute approximate surface area is 169 Å². The van der Waals surface area contributed by atoms with Crippen LogP contribution in [0.1, 0.15) is 54.7 Å². The van der Waals surface area contributed by atoms with Crippen molar-refractivity contribution in [3.8, 4) is 6.07 Å². The lowest BCUT2D eigenvalue weighted by Gasteiger charge is -2.19. The predicted octanol–water partition coefficient (Wildman–Crippen LogP) is 4.03. The van der Waals surface area contributed by atoms with Crippen molar-refractivity contribution in [1.29, 1.82) is 5.26 Å². The van der Waals surface area contributed by atoms with Crippen LogP contribution < -0.4 is 4.90 Å². The lowest BCUT2D eigenvalue weighted by Crippen LogP contribution is -2.28. The zero-order valence-corrected chi connectivity index (χ0v) is 17.3. The summed E-state index contributed by atoms with van der Waals surface area (Å²) in [6.07, 6.45) is 0.752. The number of benzene rings is 2. The Hall–Kier alpha value is -2.62. The summed E-state index contributed by atoms with van der Waals surface area (Å²) in [5.74, 6) is -0.108. The highest BCUT2D eigenvalue weighted by Gasteiger charge is 2.28. The van der Waals surface area contributed by atoms with E-state index < -0.39 is 16.1 Å². The van der Waals surface area contributed by atoms with E-state index in [0.717, 1.165) is 28.9 Å². The normalized spacial score (nSPS) is 15.1. The van der Waals surface area contributed by atoms with Crippen LogP contribution in [0, 0.1) is 11.3 Å². The van der Waals surface area contributed by atoms with Crippen molar-refractivity contribution in [3.05, 3.63) is 64.7 Å². The van der Waals surface area contributed by atoms with Crippen LogP contribution in [0.25, 0.3) is 0 Å².